The van der Waals surface area contributed by atoms with Crippen LogP contribution < -0.4 is 0 Å². The van der Waals surface area contributed by atoms with Crippen LogP contribution in [0.4, 0.5) is 0 Å². The van der Waals surface area contributed by atoms with E-state index in [0.29, 0.717) is 0 Å². The first-order valence-corrected chi connectivity index (χ1v) is 8.70. The summed E-state index contributed by atoms with van der Waals surface area (Å²) in [5.74, 6) is 1.18. The first-order valence-electron chi connectivity index (χ1n) is 4.75. The van der Waals surface area contributed by atoms with E-state index in [2.05, 4.69) is 43.2 Å². The van der Waals surface area contributed by atoms with Crippen LogP contribution in [0.3, 0.4) is 0 Å². The van der Waals surface area contributed by atoms with Crippen molar-refractivity contribution in [1.29, 1.82) is 0 Å². The summed E-state index contributed by atoms with van der Waals surface area (Å²) < 4.78 is 0. The molecule has 0 bridgehead atoms. The fourth-order valence-corrected chi connectivity index (χ4v) is 4.17. The molecule has 0 amide bonds. The summed E-state index contributed by atoms with van der Waals surface area (Å²) in [4.78, 5) is 4.42. The van der Waals surface area contributed by atoms with Crippen molar-refractivity contribution in [2.24, 2.45) is 4.99 Å². The Hall–Kier alpha value is -0.150. The van der Waals surface area contributed by atoms with E-state index in [1.807, 2.05) is 17.7 Å². The Balaban J connectivity index is 4.78. The maximum atomic E-state index is 4.42. The molecule has 0 spiro atoms. The van der Waals surface area contributed by atoms with Gasteiger partial charge >= 0.3 is 0 Å². The van der Waals surface area contributed by atoms with Crippen LogP contribution in [-0.4, -0.2) is 23.3 Å². The van der Waals surface area contributed by atoms with Gasteiger partial charge in [-0.3, -0.25) is 4.99 Å². The highest BCUT2D eigenvalue weighted by Crippen LogP contribution is 2.57. The number of hydrogen-bond donors (Lipinski definition) is 0. The Bertz CT molecular complexity index is 227. The van der Waals surface area contributed by atoms with Crippen molar-refractivity contribution in [2.45, 2.75) is 20.3 Å². The molecule has 14 heavy (non-hydrogen) atoms. The lowest BCUT2D eigenvalue weighted by atomic mass is 10.4. The number of nitrogens with zero attached hydrogens (tertiary/aromatic N) is 1. The first-order chi connectivity index (χ1) is 6.64. The molecule has 0 aliphatic carbocycles. The third-order valence-corrected chi connectivity index (χ3v) is 8.78. The van der Waals surface area contributed by atoms with Crippen LogP contribution in [0.2, 0.25) is 0 Å². The van der Waals surface area contributed by atoms with Gasteiger partial charge in [-0.05, 0) is 25.2 Å². The number of rotatable bonds is 5. The lowest BCUT2D eigenvalue weighted by Gasteiger charge is -2.33. The minimum absolute atomic E-state index is 0.746. The molecule has 3 heteroatoms. The molecule has 0 fully saturated rings. The molecule has 0 rings (SSSR count). The fraction of sp³-hybridized carbons (Fsp3) is 0.545. The van der Waals surface area contributed by atoms with Crippen molar-refractivity contribution in [1.82, 2.24) is 0 Å². The quantitative estimate of drug-likeness (QED) is 0.298. The van der Waals surface area contributed by atoms with Gasteiger partial charge in [-0.1, -0.05) is 25.7 Å². The third-order valence-electron chi connectivity index (χ3n) is 2.18. The van der Waals surface area contributed by atoms with Crippen molar-refractivity contribution in [3.63, 3.8) is 0 Å². The van der Waals surface area contributed by atoms with E-state index in [1.165, 1.54) is 10.8 Å². The van der Waals surface area contributed by atoms with Gasteiger partial charge in [0.15, 0.2) is 0 Å². The third kappa shape index (κ3) is 3.93. The Morgan fingerprint density at radius 1 is 1.57 bits per heavy atom. The molecule has 1 atom stereocenters. The largest absolute Gasteiger partial charge is 0.256 e. The highest BCUT2D eigenvalue weighted by molar-refractivity contribution is 8.99. The second kappa shape index (κ2) is 7.18. The molecule has 0 radical (unpaired) electrons. The van der Waals surface area contributed by atoms with Crippen LogP contribution >= 0.6 is 19.9 Å². The maximum absolute atomic E-state index is 4.42. The molecule has 0 aliphatic rings. The minimum Gasteiger partial charge on any atom is -0.256 e. The van der Waals surface area contributed by atoms with E-state index in [9.17, 15) is 0 Å². The zero-order valence-electron chi connectivity index (χ0n) is 9.62. The normalized spacial score (nSPS) is 19.3. The molecule has 0 aromatic heterocycles. The van der Waals surface area contributed by atoms with Crippen molar-refractivity contribution < 1.29 is 0 Å². The van der Waals surface area contributed by atoms with E-state index in [-0.39, 0.29) is 0 Å². The zero-order valence-corrected chi connectivity index (χ0v) is 11.3. The van der Waals surface area contributed by atoms with Gasteiger partial charge in [0.05, 0.1) is 5.04 Å². The van der Waals surface area contributed by atoms with Gasteiger partial charge in [-0.15, -0.1) is 10.8 Å². The van der Waals surface area contributed by atoms with Crippen LogP contribution in [0.1, 0.15) is 20.3 Å². The SMILES string of the molecule is C=C/N=C(\C/C=C\C)S(C)(CC)SC. The fourth-order valence-electron chi connectivity index (χ4n) is 1.04. The Labute approximate surface area is 93.5 Å². The molecule has 0 heterocycles. The lowest BCUT2D eigenvalue weighted by Crippen LogP contribution is -2.09. The second-order valence-corrected chi connectivity index (χ2v) is 9.54. The van der Waals surface area contributed by atoms with E-state index in [4.69, 9.17) is 0 Å². The molecule has 0 aliphatic heterocycles. The molecule has 0 N–H and O–H groups in total. The van der Waals surface area contributed by atoms with Gasteiger partial charge in [0, 0.05) is 12.6 Å². The average Bonchev–Trinajstić information content (AvgIpc) is 2.23. The van der Waals surface area contributed by atoms with Crippen LogP contribution in [-0.2, 0) is 0 Å². The summed E-state index contributed by atoms with van der Waals surface area (Å²) in [6, 6.07) is 0. The molecule has 82 valence electrons. The Morgan fingerprint density at radius 2 is 2.21 bits per heavy atom. The Morgan fingerprint density at radius 3 is 2.57 bits per heavy atom. The van der Waals surface area contributed by atoms with Gasteiger partial charge < -0.3 is 0 Å². The molecule has 0 aromatic carbocycles. The highest BCUT2D eigenvalue weighted by Gasteiger charge is 2.20. The summed E-state index contributed by atoms with van der Waals surface area (Å²) >= 11 is 0. The van der Waals surface area contributed by atoms with Gasteiger partial charge in [0.2, 0.25) is 0 Å². The van der Waals surface area contributed by atoms with Crippen LogP contribution in [0.15, 0.2) is 29.9 Å². The molecule has 0 saturated carbocycles. The standard InChI is InChI=1S/C11H21NS2/c1-6-9-10-11(12-7-2)14(5,8-3)13-4/h6-7,9H,2,8,10H2,1,3-5H3/b9-6-,12-11+. The number of aliphatic imine (C=N–C) groups is 1. The van der Waals surface area contributed by atoms with E-state index in [1.54, 1.807) is 6.20 Å². The lowest BCUT2D eigenvalue weighted by molar-refractivity contribution is 1.43. The molecular formula is C11H21NS2. The topological polar surface area (TPSA) is 12.4 Å². The Kier molecular flexibility index (Phi) is 7.11. The monoisotopic (exact) mass is 231 g/mol. The van der Waals surface area contributed by atoms with Gasteiger partial charge in [0.1, 0.15) is 0 Å². The van der Waals surface area contributed by atoms with Gasteiger partial charge in [-0.25, -0.2) is 0 Å². The summed E-state index contributed by atoms with van der Waals surface area (Å²) in [7, 11) is 1.20. The molecule has 0 saturated heterocycles. The summed E-state index contributed by atoms with van der Waals surface area (Å²) in [6.07, 6.45) is 11.4. The van der Waals surface area contributed by atoms with Crippen molar-refractivity contribution in [3.8, 4) is 0 Å². The smallest absolute Gasteiger partial charge is 0.0684 e. The van der Waals surface area contributed by atoms with Crippen molar-refractivity contribution >= 4 is 24.9 Å². The van der Waals surface area contributed by atoms with E-state index in [0.717, 1.165) is 6.42 Å². The molecule has 0 aromatic rings. The predicted octanol–water partition coefficient (Wildman–Crippen LogP) is 4.23. The van der Waals surface area contributed by atoms with E-state index < -0.39 is 9.06 Å². The van der Waals surface area contributed by atoms with Crippen LogP contribution in [0.5, 0.6) is 0 Å². The molecular weight excluding hydrogens is 210 g/mol. The highest BCUT2D eigenvalue weighted by atomic mass is 33.2. The average molecular weight is 231 g/mol. The maximum Gasteiger partial charge on any atom is 0.0684 e. The summed E-state index contributed by atoms with van der Waals surface area (Å²) in [5.41, 5.74) is 0. The van der Waals surface area contributed by atoms with Gasteiger partial charge in [-0.2, -0.15) is 9.06 Å². The number of allylic oxidation sites excluding steroid dienone is 2. The number of hydrogen-bond acceptors (Lipinski definition) is 2. The van der Waals surface area contributed by atoms with Crippen LogP contribution in [0, 0.1) is 0 Å². The summed E-state index contributed by atoms with van der Waals surface area (Å²) in [6.45, 7) is 7.96. The second-order valence-electron chi connectivity index (χ2n) is 2.94. The first kappa shape index (κ1) is 13.8. The molecule has 1 unspecified atom stereocenters. The van der Waals surface area contributed by atoms with Crippen molar-refractivity contribution in [2.75, 3.05) is 18.3 Å². The minimum atomic E-state index is -0.746. The zero-order chi connectivity index (χ0) is 11.0. The van der Waals surface area contributed by atoms with Gasteiger partial charge in [0.25, 0.3) is 0 Å². The molecule has 1 nitrogen and oxygen atoms in total. The van der Waals surface area contributed by atoms with E-state index >= 15 is 0 Å². The van der Waals surface area contributed by atoms with Crippen molar-refractivity contribution in [3.05, 3.63) is 24.9 Å². The van der Waals surface area contributed by atoms with Crippen LogP contribution in [0.25, 0.3) is 0 Å². The summed E-state index contributed by atoms with van der Waals surface area (Å²) in [5, 5.41) is 1.29. The predicted molar refractivity (Wildman–Crippen MR) is 74.6 cm³/mol.